The van der Waals surface area contributed by atoms with Crippen LogP contribution >= 0.6 is 0 Å². The van der Waals surface area contributed by atoms with Gasteiger partial charge in [0.2, 0.25) is 0 Å². The maximum atomic E-state index is 13.7. The standard InChI is InChI=1S/C19H22FN5O/c1-21-10-13-9-14(5-6-16(13)20)22-19(26)25-8-7-17-15(11-25)18(24-23-17)12-3-2-4-12/h5-6,9,12H,1-4,7-8,10-11H2,(H,22,26)(H,23,24). The molecule has 2 N–H and O–H groups in total. The summed E-state index contributed by atoms with van der Waals surface area (Å²) in [6, 6.07) is 4.33. The van der Waals surface area contributed by atoms with Crippen LogP contribution in [0.4, 0.5) is 14.9 Å². The molecule has 0 unspecified atom stereocenters. The highest BCUT2D eigenvalue weighted by molar-refractivity contribution is 5.89. The van der Waals surface area contributed by atoms with Crippen LogP contribution < -0.4 is 5.32 Å². The first-order valence-electron chi connectivity index (χ1n) is 8.98. The van der Waals surface area contributed by atoms with Gasteiger partial charge in [-0.05, 0) is 37.8 Å². The fraction of sp³-hybridized carbons (Fsp3) is 0.421. The maximum Gasteiger partial charge on any atom is 0.322 e. The highest BCUT2D eigenvalue weighted by Gasteiger charge is 2.30. The summed E-state index contributed by atoms with van der Waals surface area (Å²) in [5.74, 6) is 0.186. The Kier molecular flexibility index (Phi) is 4.44. The molecule has 2 aromatic rings. The summed E-state index contributed by atoms with van der Waals surface area (Å²) in [6.07, 6.45) is 4.39. The molecular weight excluding hydrogens is 333 g/mol. The van der Waals surface area contributed by atoms with E-state index in [4.69, 9.17) is 0 Å². The van der Waals surface area contributed by atoms with Crippen LogP contribution in [0.3, 0.4) is 0 Å². The van der Waals surface area contributed by atoms with Crippen molar-refractivity contribution in [3.05, 3.63) is 46.5 Å². The zero-order valence-electron chi connectivity index (χ0n) is 14.6. The van der Waals surface area contributed by atoms with E-state index in [1.54, 1.807) is 17.0 Å². The number of fused-ring (bicyclic) bond motifs is 1. The van der Waals surface area contributed by atoms with Crippen LogP contribution in [0, 0.1) is 5.82 Å². The third-order valence-electron chi connectivity index (χ3n) is 5.32. The van der Waals surface area contributed by atoms with Crippen molar-refractivity contribution in [1.29, 1.82) is 0 Å². The number of benzene rings is 1. The lowest BCUT2D eigenvalue weighted by Gasteiger charge is -2.30. The number of nitrogens with zero attached hydrogens (tertiary/aromatic N) is 3. The fourth-order valence-corrected chi connectivity index (χ4v) is 3.61. The molecule has 0 radical (unpaired) electrons. The van der Waals surface area contributed by atoms with Crippen LogP contribution in [-0.4, -0.2) is 34.4 Å². The van der Waals surface area contributed by atoms with E-state index >= 15 is 0 Å². The minimum atomic E-state index is -0.346. The Hall–Kier alpha value is -2.70. The number of aromatic nitrogens is 2. The van der Waals surface area contributed by atoms with Crippen LogP contribution in [0.1, 0.15) is 47.7 Å². The van der Waals surface area contributed by atoms with E-state index in [0.717, 1.165) is 17.8 Å². The Morgan fingerprint density at radius 3 is 3.04 bits per heavy atom. The summed E-state index contributed by atoms with van der Waals surface area (Å²) in [5.41, 5.74) is 4.43. The number of hydrogen-bond acceptors (Lipinski definition) is 3. The molecule has 1 aliphatic carbocycles. The Labute approximate surface area is 151 Å². The molecule has 2 heterocycles. The molecule has 1 saturated carbocycles. The number of hydrogen-bond donors (Lipinski definition) is 2. The normalized spacial score (nSPS) is 16.7. The average molecular weight is 355 g/mol. The number of halogens is 1. The monoisotopic (exact) mass is 355 g/mol. The molecule has 0 spiro atoms. The highest BCUT2D eigenvalue weighted by atomic mass is 19.1. The van der Waals surface area contributed by atoms with Crippen LogP contribution in [0.25, 0.3) is 0 Å². The first-order chi connectivity index (χ1) is 12.7. The summed E-state index contributed by atoms with van der Waals surface area (Å²) < 4.78 is 13.7. The summed E-state index contributed by atoms with van der Waals surface area (Å²) >= 11 is 0. The fourth-order valence-electron chi connectivity index (χ4n) is 3.61. The molecular formula is C19H22FN5O. The number of H-pyrrole nitrogens is 1. The van der Waals surface area contributed by atoms with E-state index in [1.807, 2.05) is 0 Å². The van der Waals surface area contributed by atoms with Gasteiger partial charge in [0.15, 0.2) is 0 Å². The molecule has 136 valence electrons. The highest BCUT2D eigenvalue weighted by Crippen LogP contribution is 2.38. The van der Waals surface area contributed by atoms with Crippen molar-refractivity contribution >= 4 is 18.4 Å². The van der Waals surface area contributed by atoms with Gasteiger partial charge in [-0.1, -0.05) is 6.42 Å². The van der Waals surface area contributed by atoms with Gasteiger partial charge in [0, 0.05) is 41.4 Å². The van der Waals surface area contributed by atoms with Crippen molar-refractivity contribution in [2.45, 2.75) is 44.7 Å². The molecule has 7 heteroatoms. The van der Waals surface area contributed by atoms with Gasteiger partial charge in [-0.25, -0.2) is 9.18 Å². The summed E-state index contributed by atoms with van der Waals surface area (Å²) in [5, 5.41) is 10.5. The largest absolute Gasteiger partial charge is 0.322 e. The van der Waals surface area contributed by atoms with Crippen LogP contribution in [-0.2, 0) is 19.5 Å². The lowest BCUT2D eigenvalue weighted by molar-refractivity contribution is 0.205. The Balaban J connectivity index is 1.47. The van der Waals surface area contributed by atoms with Crippen molar-refractivity contribution in [3.63, 3.8) is 0 Å². The quantitative estimate of drug-likeness (QED) is 0.822. The third-order valence-corrected chi connectivity index (χ3v) is 5.32. The maximum absolute atomic E-state index is 13.7. The first-order valence-corrected chi connectivity index (χ1v) is 8.98. The van der Waals surface area contributed by atoms with E-state index in [0.29, 0.717) is 30.3 Å². The minimum absolute atomic E-state index is 0.180. The second-order valence-electron chi connectivity index (χ2n) is 6.98. The van der Waals surface area contributed by atoms with Crippen molar-refractivity contribution in [2.24, 2.45) is 4.99 Å². The number of carbonyl (C=O) groups is 1. The number of aliphatic imine (C=N–C) groups is 1. The molecule has 4 rings (SSSR count). The Morgan fingerprint density at radius 1 is 1.46 bits per heavy atom. The predicted octanol–water partition coefficient (Wildman–Crippen LogP) is 3.61. The summed E-state index contributed by atoms with van der Waals surface area (Å²) in [7, 11) is 0. The zero-order chi connectivity index (χ0) is 18.1. The Bertz CT molecular complexity index is 842. The van der Waals surface area contributed by atoms with Gasteiger partial charge in [0.25, 0.3) is 0 Å². The second-order valence-corrected chi connectivity index (χ2v) is 6.98. The number of rotatable bonds is 4. The van der Waals surface area contributed by atoms with Gasteiger partial charge < -0.3 is 10.2 Å². The van der Waals surface area contributed by atoms with E-state index in [-0.39, 0.29) is 18.4 Å². The van der Waals surface area contributed by atoms with Crippen molar-refractivity contribution in [1.82, 2.24) is 15.1 Å². The lowest BCUT2D eigenvalue weighted by Crippen LogP contribution is -2.39. The van der Waals surface area contributed by atoms with Crippen LogP contribution in [0.2, 0.25) is 0 Å². The van der Waals surface area contributed by atoms with E-state index in [2.05, 4.69) is 27.2 Å². The molecule has 0 atom stereocenters. The molecule has 1 fully saturated rings. The zero-order valence-corrected chi connectivity index (χ0v) is 14.6. The van der Waals surface area contributed by atoms with Gasteiger partial charge in [-0.2, -0.15) is 5.10 Å². The van der Waals surface area contributed by atoms with Crippen molar-refractivity contribution in [2.75, 3.05) is 11.9 Å². The molecule has 0 saturated heterocycles. The number of amides is 2. The van der Waals surface area contributed by atoms with Gasteiger partial charge >= 0.3 is 6.03 Å². The molecule has 1 aromatic heterocycles. The van der Waals surface area contributed by atoms with Gasteiger partial charge in [0.05, 0.1) is 18.8 Å². The van der Waals surface area contributed by atoms with Crippen molar-refractivity contribution < 1.29 is 9.18 Å². The van der Waals surface area contributed by atoms with Crippen LogP contribution in [0.15, 0.2) is 23.2 Å². The van der Waals surface area contributed by atoms with E-state index in [1.165, 1.54) is 30.9 Å². The number of anilines is 1. The molecule has 6 nitrogen and oxygen atoms in total. The topological polar surface area (TPSA) is 73.4 Å². The Morgan fingerprint density at radius 2 is 2.31 bits per heavy atom. The third kappa shape index (κ3) is 3.09. The van der Waals surface area contributed by atoms with Crippen molar-refractivity contribution in [3.8, 4) is 0 Å². The van der Waals surface area contributed by atoms with E-state index in [9.17, 15) is 9.18 Å². The SMILES string of the molecule is C=NCc1cc(NC(=O)N2CCc3[nH]nc(C4CCC4)c3C2)ccc1F. The molecule has 26 heavy (non-hydrogen) atoms. The summed E-state index contributed by atoms with van der Waals surface area (Å²) in [6.45, 7) is 4.77. The lowest BCUT2D eigenvalue weighted by atomic mass is 9.81. The predicted molar refractivity (Wildman–Crippen MR) is 98.0 cm³/mol. The molecule has 1 aliphatic heterocycles. The van der Waals surface area contributed by atoms with Gasteiger partial charge in [-0.15, -0.1) is 0 Å². The minimum Gasteiger partial charge on any atom is -0.320 e. The molecule has 1 aromatic carbocycles. The number of urea groups is 1. The molecule has 2 aliphatic rings. The second kappa shape index (κ2) is 6.90. The van der Waals surface area contributed by atoms with Gasteiger partial charge in [0.1, 0.15) is 5.82 Å². The molecule has 0 bridgehead atoms. The number of carbonyl (C=O) groups excluding carboxylic acids is 1. The summed E-state index contributed by atoms with van der Waals surface area (Å²) in [4.78, 5) is 18.2. The average Bonchev–Trinajstić information content (AvgIpc) is 2.99. The van der Waals surface area contributed by atoms with Gasteiger partial charge in [-0.3, -0.25) is 10.1 Å². The smallest absolute Gasteiger partial charge is 0.320 e. The number of nitrogens with one attached hydrogen (secondary N) is 2. The van der Waals surface area contributed by atoms with E-state index < -0.39 is 0 Å². The first kappa shape index (κ1) is 16.8. The number of aromatic amines is 1. The molecule has 2 amide bonds. The van der Waals surface area contributed by atoms with Crippen LogP contribution in [0.5, 0.6) is 0 Å².